The van der Waals surface area contributed by atoms with Crippen LogP contribution in [-0.2, 0) is 9.53 Å². The Morgan fingerprint density at radius 1 is 1.15 bits per heavy atom. The molecule has 0 spiro atoms. The van der Waals surface area contributed by atoms with E-state index in [-0.39, 0.29) is 0 Å². The Morgan fingerprint density at radius 2 is 1.82 bits per heavy atom. The summed E-state index contributed by atoms with van der Waals surface area (Å²) in [6.07, 6.45) is -3.11. The van der Waals surface area contributed by atoms with E-state index in [1.54, 1.807) is 43.3 Å². The highest BCUT2D eigenvalue weighted by molar-refractivity contribution is 5.96. The number of fused-ring (bicyclic) bond motifs is 2. The summed E-state index contributed by atoms with van der Waals surface area (Å²) in [5.74, 6) is 0.961. The quantitative estimate of drug-likeness (QED) is 0.383. The van der Waals surface area contributed by atoms with Gasteiger partial charge in [0.25, 0.3) is 5.91 Å². The molecule has 2 amide bonds. The molecule has 0 bridgehead atoms. The maximum absolute atomic E-state index is 12.3. The molecule has 11 heteroatoms. The van der Waals surface area contributed by atoms with Crippen molar-refractivity contribution in [3.63, 3.8) is 0 Å². The lowest BCUT2D eigenvalue weighted by Crippen LogP contribution is -2.38. The molecule has 0 aliphatic carbocycles. The number of aliphatic hydroxyl groups is 3. The topological polar surface area (TPSA) is 141 Å². The third-order valence-corrected chi connectivity index (χ3v) is 5.30. The second kappa shape index (κ2) is 9.24. The van der Waals surface area contributed by atoms with Crippen LogP contribution in [0.5, 0.6) is 23.0 Å². The van der Waals surface area contributed by atoms with Gasteiger partial charge in [0, 0.05) is 31.4 Å². The molecule has 0 aromatic heterocycles. The van der Waals surface area contributed by atoms with Gasteiger partial charge in [-0.25, -0.2) is 4.79 Å². The Balaban J connectivity index is 1.49. The van der Waals surface area contributed by atoms with E-state index in [0.717, 1.165) is 0 Å². The van der Waals surface area contributed by atoms with Crippen LogP contribution >= 0.6 is 0 Å². The Kier molecular flexibility index (Phi) is 6.38. The van der Waals surface area contributed by atoms with Crippen molar-refractivity contribution in [1.29, 1.82) is 0 Å². The summed E-state index contributed by atoms with van der Waals surface area (Å²) >= 11 is 0. The molecule has 1 saturated heterocycles. The van der Waals surface area contributed by atoms with E-state index in [9.17, 15) is 19.8 Å². The number of anilines is 2. The fourth-order valence-corrected chi connectivity index (χ4v) is 3.50. The zero-order valence-corrected chi connectivity index (χ0v) is 18.1. The summed E-state index contributed by atoms with van der Waals surface area (Å²) in [6, 6.07) is 9.88. The average Bonchev–Trinajstić information content (AvgIpc) is 3.19. The minimum atomic E-state index is -1.51. The highest BCUT2D eigenvalue weighted by atomic mass is 16.6. The number of amides is 2. The number of hydrogen-bond donors (Lipinski definition) is 4. The molecule has 11 nitrogen and oxygen atoms in total. The maximum atomic E-state index is 12.3. The van der Waals surface area contributed by atoms with Crippen molar-refractivity contribution in [2.45, 2.75) is 25.4 Å². The summed E-state index contributed by atoms with van der Waals surface area (Å²) < 4.78 is 17.2. The monoisotopic (exact) mass is 459 g/mol. The first-order valence-electron chi connectivity index (χ1n) is 10.4. The van der Waals surface area contributed by atoms with Gasteiger partial charge in [0.15, 0.2) is 29.1 Å². The van der Waals surface area contributed by atoms with Gasteiger partial charge in [-0.15, -0.1) is 0 Å². The van der Waals surface area contributed by atoms with Gasteiger partial charge in [0.2, 0.25) is 0 Å². The highest BCUT2D eigenvalue weighted by Gasteiger charge is 2.33. The fourth-order valence-electron chi connectivity index (χ4n) is 3.50. The molecule has 0 saturated carbocycles. The van der Waals surface area contributed by atoms with Crippen LogP contribution in [0.1, 0.15) is 6.92 Å². The van der Waals surface area contributed by atoms with E-state index >= 15 is 0 Å². The van der Waals surface area contributed by atoms with Gasteiger partial charge in [-0.3, -0.25) is 15.0 Å². The van der Waals surface area contributed by atoms with Crippen molar-refractivity contribution in [1.82, 2.24) is 5.32 Å². The summed E-state index contributed by atoms with van der Waals surface area (Å²) in [4.78, 5) is 27.1. The third kappa shape index (κ3) is 4.71. The molecule has 0 radical (unpaired) electrons. The zero-order chi connectivity index (χ0) is 23.7. The third-order valence-electron chi connectivity index (χ3n) is 5.30. The van der Waals surface area contributed by atoms with E-state index < -0.39 is 37.0 Å². The predicted molar refractivity (Wildman–Crippen MR) is 117 cm³/mol. The van der Waals surface area contributed by atoms with E-state index in [4.69, 9.17) is 19.3 Å². The van der Waals surface area contributed by atoms with Crippen LogP contribution in [-0.4, -0.2) is 72.5 Å². The Morgan fingerprint density at radius 3 is 2.48 bits per heavy atom. The van der Waals surface area contributed by atoms with E-state index in [2.05, 4.69) is 5.32 Å². The molecule has 2 aliphatic rings. The van der Waals surface area contributed by atoms with Crippen LogP contribution in [0.2, 0.25) is 0 Å². The van der Waals surface area contributed by atoms with Crippen molar-refractivity contribution >= 4 is 23.4 Å². The molecule has 1 fully saturated rings. The lowest BCUT2D eigenvalue weighted by atomic mass is 10.2. The number of carbonyl (C=O) groups is 2. The molecule has 2 heterocycles. The van der Waals surface area contributed by atoms with Crippen molar-refractivity contribution in [2.75, 3.05) is 36.5 Å². The van der Waals surface area contributed by atoms with Gasteiger partial charge in [-0.2, -0.15) is 0 Å². The molecular formula is C22H25N3O8. The van der Waals surface area contributed by atoms with E-state index in [1.807, 2.05) is 0 Å². The zero-order valence-electron chi connectivity index (χ0n) is 18.1. The predicted octanol–water partition coefficient (Wildman–Crippen LogP) is 1.15. The molecule has 33 heavy (non-hydrogen) atoms. The first-order chi connectivity index (χ1) is 15.8. The van der Waals surface area contributed by atoms with Crippen molar-refractivity contribution in [2.24, 2.45) is 0 Å². The van der Waals surface area contributed by atoms with Gasteiger partial charge in [-0.1, -0.05) is 0 Å². The van der Waals surface area contributed by atoms with Crippen LogP contribution < -0.4 is 24.6 Å². The number of nitrogens with one attached hydrogen (secondary N) is 1. The van der Waals surface area contributed by atoms with Crippen LogP contribution in [0.25, 0.3) is 0 Å². The molecule has 4 rings (SSSR count). The Bertz CT molecular complexity index is 1060. The number of hydrogen-bond acceptors (Lipinski definition) is 9. The van der Waals surface area contributed by atoms with Gasteiger partial charge in [0.1, 0.15) is 12.3 Å². The van der Waals surface area contributed by atoms with E-state index in [0.29, 0.717) is 47.5 Å². The number of likely N-dealkylation sites (N-methyl/N-ethyl adjacent to an activating group) is 1. The average molecular weight is 459 g/mol. The SMILES string of the molecule is CC(O)NC[C@H]1CN(c2ccc3c(c2)Oc2ccc(N(C)C(=O)[C@@H](O)CO)cc2O3)C(=O)O1. The normalized spacial score (nSPS) is 18.4. The van der Waals surface area contributed by atoms with Gasteiger partial charge in [0.05, 0.1) is 18.8 Å². The van der Waals surface area contributed by atoms with Crippen LogP contribution in [0.15, 0.2) is 36.4 Å². The lowest BCUT2D eigenvalue weighted by Gasteiger charge is -2.25. The minimum Gasteiger partial charge on any atom is -0.449 e. The minimum absolute atomic E-state index is 0.318. The van der Waals surface area contributed by atoms with Crippen LogP contribution in [0.3, 0.4) is 0 Å². The smallest absolute Gasteiger partial charge is 0.414 e. The second-order valence-corrected chi connectivity index (χ2v) is 7.76. The second-order valence-electron chi connectivity index (χ2n) is 7.76. The fraction of sp³-hybridized carbons (Fsp3) is 0.364. The highest BCUT2D eigenvalue weighted by Crippen LogP contribution is 2.47. The largest absolute Gasteiger partial charge is 0.449 e. The number of carbonyl (C=O) groups excluding carboxylic acids is 2. The van der Waals surface area contributed by atoms with Gasteiger partial charge < -0.3 is 34.4 Å². The number of aliphatic hydroxyl groups excluding tert-OH is 3. The number of benzene rings is 2. The number of rotatable bonds is 7. The standard InChI is InChI=1S/C22H25N3O8/c1-12(27)23-9-15-10-25(22(30)31-15)14-4-6-18-20(8-14)33-17-5-3-13(7-19(17)32-18)24(2)21(29)16(28)11-26/h3-8,12,15-16,23,26-28H,9-11H2,1-2H3/t12?,15-,16-/m0/s1. The molecule has 1 unspecified atom stereocenters. The number of cyclic esters (lactones) is 1. The van der Waals surface area contributed by atoms with Crippen molar-refractivity contribution in [3.05, 3.63) is 36.4 Å². The Labute approximate surface area is 189 Å². The molecule has 176 valence electrons. The van der Waals surface area contributed by atoms with E-state index in [1.165, 1.54) is 16.8 Å². The molecule has 4 N–H and O–H groups in total. The first kappa shape index (κ1) is 22.8. The van der Waals surface area contributed by atoms with Gasteiger partial charge in [-0.05, 0) is 31.2 Å². The molecule has 2 aliphatic heterocycles. The van der Waals surface area contributed by atoms with Gasteiger partial charge >= 0.3 is 6.09 Å². The number of ether oxygens (including phenoxy) is 3. The Hall–Kier alpha value is -3.38. The first-order valence-corrected chi connectivity index (χ1v) is 10.4. The van der Waals surface area contributed by atoms with Crippen molar-refractivity contribution in [3.8, 4) is 23.0 Å². The summed E-state index contributed by atoms with van der Waals surface area (Å²) in [7, 11) is 1.48. The molecule has 3 atom stereocenters. The molecule has 2 aromatic carbocycles. The summed E-state index contributed by atoms with van der Waals surface area (Å²) in [5.41, 5.74) is 1.02. The van der Waals surface area contributed by atoms with Crippen LogP contribution in [0.4, 0.5) is 16.2 Å². The summed E-state index contributed by atoms with van der Waals surface area (Å²) in [6.45, 7) is 1.56. The summed E-state index contributed by atoms with van der Waals surface area (Å²) in [5, 5.41) is 30.8. The van der Waals surface area contributed by atoms with Crippen molar-refractivity contribution < 1.29 is 39.1 Å². The molecular weight excluding hydrogens is 434 g/mol. The maximum Gasteiger partial charge on any atom is 0.414 e. The number of nitrogens with zero attached hydrogens (tertiary/aromatic N) is 2. The molecule has 2 aromatic rings. The van der Waals surface area contributed by atoms with Crippen LogP contribution in [0, 0.1) is 0 Å². The lowest BCUT2D eigenvalue weighted by molar-refractivity contribution is -0.128.